The Bertz CT molecular complexity index is 322. The predicted molar refractivity (Wildman–Crippen MR) is 68.7 cm³/mol. The van der Waals surface area contributed by atoms with Crippen LogP contribution in [0.25, 0.3) is 0 Å². The zero-order valence-corrected chi connectivity index (χ0v) is 9.99. The SMILES string of the molecule is C=CCCC(N)CCOc1cccc(C)c1. The first kappa shape index (κ1) is 12.8. The van der Waals surface area contributed by atoms with E-state index >= 15 is 0 Å². The minimum Gasteiger partial charge on any atom is -0.494 e. The van der Waals surface area contributed by atoms with Gasteiger partial charge in [0.25, 0.3) is 0 Å². The van der Waals surface area contributed by atoms with E-state index in [0.29, 0.717) is 6.61 Å². The molecule has 16 heavy (non-hydrogen) atoms. The quantitative estimate of drug-likeness (QED) is 0.715. The number of nitrogens with two attached hydrogens (primary N) is 1. The molecule has 2 N–H and O–H groups in total. The summed E-state index contributed by atoms with van der Waals surface area (Å²) in [7, 11) is 0. The normalized spacial score (nSPS) is 12.1. The van der Waals surface area contributed by atoms with Crippen LogP contribution < -0.4 is 10.5 Å². The highest BCUT2D eigenvalue weighted by molar-refractivity contribution is 5.27. The summed E-state index contributed by atoms with van der Waals surface area (Å²) >= 11 is 0. The van der Waals surface area contributed by atoms with Gasteiger partial charge in [-0.3, -0.25) is 0 Å². The van der Waals surface area contributed by atoms with Crippen LogP contribution in [-0.4, -0.2) is 12.6 Å². The molecule has 0 fully saturated rings. The number of hydrogen-bond acceptors (Lipinski definition) is 2. The second-order valence-electron chi connectivity index (χ2n) is 4.08. The minimum absolute atomic E-state index is 0.211. The van der Waals surface area contributed by atoms with Gasteiger partial charge < -0.3 is 10.5 Å². The number of hydrogen-bond donors (Lipinski definition) is 1. The molecule has 0 saturated carbocycles. The molecule has 1 aromatic carbocycles. The molecule has 88 valence electrons. The number of aryl methyl sites for hydroxylation is 1. The highest BCUT2D eigenvalue weighted by atomic mass is 16.5. The van der Waals surface area contributed by atoms with Crippen molar-refractivity contribution in [3.8, 4) is 5.75 Å². The van der Waals surface area contributed by atoms with Gasteiger partial charge in [0.05, 0.1) is 6.61 Å². The lowest BCUT2D eigenvalue weighted by Gasteiger charge is -2.11. The topological polar surface area (TPSA) is 35.2 Å². The summed E-state index contributed by atoms with van der Waals surface area (Å²) in [5.41, 5.74) is 7.14. The van der Waals surface area contributed by atoms with Gasteiger partial charge in [-0.1, -0.05) is 18.2 Å². The maximum Gasteiger partial charge on any atom is 0.119 e. The Morgan fingerprint density at radius 3 is 2.94 bits per heavy atom. The summed E-state index contributed by atoms with van der Waals surface area (Å²) < 4.78 is 5.63. The van der Waals surface area contributed by atoms with Crippen LogP contribution in [0.3, 0.4) is 0 Å². The Morgan fingerprint density at radius 2 is 2.25 bits per heavy atom. The molecule has 0 aliphatic carbocycles. The molecule has 1 unspecified atom stereocenters. The summed E-state index contributed by atoms with van der Waals surface area (Å²) in [6.07, 6.45) is 4.76. The third-order valence-corrected chi connectivity index (χ3v) is 2.49. The van der Waals surface area contributed by atoms with Crippen molar-refractivity contribution in [1.29, 1.82) is 0 Å². The lowest BCUT2D eigenvalue weighted by atomic mass is 10.1. The molecule has 1 rings (SSSR count). The highest BCUT2D eigenvalue weighted by Crippen LogP contribution is 2.12. The van der Waals surface area contributed by atoms with Crippen LogP contribution in [0.4, 0.5) is 0 Å². The van der Waals surface area contributed by atoms with Crippen LogP contribution in [0.15, 0.2) is 36.9 Å². The molecular formula is C14H21NO. The number of benzene rings is 1. The van der Waals surface area contributed by atoms with Crippen molar-refractivity contribution in [1.82, 2.24) is 0 Å². The monoisotopic (exact) mass is 219 g/mol. The minimum atomic E-state index is 0.211. The maximum absolute atomic E-state index is 5.93. The van der Waals surface area contributed by atoms with Crippen LogP contribution in [0.1, 0.15) is 24.8 Å². The highest BCUT2D eigenvalue weighted by Gasteiger charge is 2.01. The Labute approximate surface area is 98.1 Å². The van der Waals surface area contributed by atoms with Crippen LogP contribution >= 0.6 is 0 Å². The molecule has 0 aliphatic rings. The van der Waals surface area contributed by atoms with Crippen LogP contribution in [0, 0.1) is 6.92 Å². The molecule has 0 heterocycles. The van der Waals surface area contributed by atoms with Crippen molar-refractivity contribution in [2.24, 2.45) is 5.73 Å². The van der Waals surface area contributed by atoms with Crippen molar-refractivity contribution in [3.63, 3.8) is 0 Å². The fourth-order valence-corrected chi connectivity index (χ4v) is 1.51. The van der Waals surface area contributed by atoms with E-state index in [9.17, 15) is 0 Å². The van der Waals surface area contributed by atoms with Gasteiger partial charge in [-0.2, -0.15) is 0 Å². The van der Waals surface area contributed by atoms with Gasteiger partial charge in [-0.05, 0) is 43.9 Å². The number of rotatable bonds is 7. The molecular weight excluding hydrogens is 198 g/mol. The van der Waals surface area contributed by atoms with Gasteiger partial charge in [-0.15, -0.1) is 6.58 Å². The van der Waals surface area contributed by atoms with E-state index in [2.05, 4.69) is 19.6 Å². The lowest BCUT2D eigenvalue weighted by Crippen LogP contribution is -2.22. The Balaban J connectivity index is 2.22. The largest absolute Gasteiger partial charge is 0.494 e. The first-order valence-electron chi connectivity index (χ1n) is 5.78. The number of ether oxygens (including phenoxy) is 1. The molecule has 0 aliphatic heterocycles. The van der Waals surface area contributed by atoms with Crippen LogP contribution in [-0.2, 0) is 0 Å². The van der Waals surface area contributed by atoms with E-state index in [1.807, 2.05) is 24.3 Å². The van der Waals surface area contributed by atoms with E-state index in [1.54, 1.807) is 0 Å². The maximum atomic E-state index is 5.93. The Kier molecular flexibility index (Phi) is 5.65. The third kappa shape index (κ3) is 4.99. The van der Waals surface area contributed by atoms with Gasteiger partial charge in [0.1, 0.15) is 5.75 Å². The average Bonchev–Trinajstić information content (AvgIpc) is 2.26. The summed E-state index contributed by atoms with van der Waals surface area (Å²) in [4.78, 5) is 0. The first-order valence-corrected chi connectivity index (χ1v) is 5.78. The van der Waals surface area contributed by atoms with Crippen molar-refractivity contribution in [2.45, 2.75) is 32.2 Å². The standard InChI is InChI=1S/C14H21NO/c1-3-4-7-13(15)9-10-16-14-8-5-6-12(2)11-14/h3,5-6,8,11,13H,1,4,7,9-10,15H2,2H3. The van der Waals surface area contributed by atoms with E-state index in [-0.39, 0.29) is 6.04 Å². The second-order valence-corrected chi connectivity index (χ2v) is 4.08. The molecule has 0 spiro atoms. The van der Waals surface area contributed by atoms with Crippen LogP contribution in [0.2, 0.25) is 0 Å². The van der Waals surface area contributed by atoms with Gasteiger partial charge in [-0.25, -0.2) is 0 Å². The van der Waals surface area contributed by atoms with E-state index in [4.69, 9.17) is 10.5 Å². The first-order chi connectivity index (χ1) is 7.72. The summed E-state index contributed by atoms with van der Waals surface area (Å²) in [5.74, 6) is 0.927. The lowest BCUT2D eigenvalue weighted by molar-refractivity contribution is 0.295. The molecule has 1 aromatic rings. The fourth-order valence-electron chi connectivity index (χ4n) is 1.51. The predicted octanol–water partition coefficient (Wildman–Crippen LogP) is 3.06. The zero-order chi connectivity index (χ0) is 11.8. The van der Waals surface area contributed by atoms with E-state index in [0.717, 1.165) is 25.0 Å². The third-order valence-electron chi connectivity index (χ3n) is 2.49. The molecule has 0 amide bonds. The van der Waals surface area contributed by atoms with E-state index in [1.165, 1.54) is 5.56 Å². The summed E-state index contributed by atoms with van der Waals surface area (Å²) in [6.45, 7) is 6.42. The van der Waals surface area contributed by atoms with Gasteiger partial charge >= 0.3 is 0 Å². The molecule has 0 bridgehead atoms. The fraction of sp³-hybridized carbons (Fsp3) is 0.429. The Morgan fingerprint density at radius 1 is 1.44 bits per heavy atom. The summed E-state index contributed by atoms with van der Waals surface area (Å²) in [5, 5.41) is 0. The second kappa shape index (κ2) is 7.07. The van der Waals surface area contributed by atoms with Gasteiger partial charge in [0, 0.05) is 6.04 Å². The van der Waals surface area contributed by atoms with Gasteiger partial charge in [0.2, 0.25) is 0 Å². The molecule has 0 saturated heterocycles. The van der Waals surface area contributed by atoms with Crippen molar-refractivity contribution in [2.75, 3.05) is 6.61 Å². The van der Waals surface area contributed by atoms with Crippen LogP contribution in [0.5, 0.6) is 5.75 Å². The molecule has 0 radical (unpaired) electrons. The van der Waals surface area contributed by atoms with Crippen molar-refractivity contribution >= 4 is 0 Å². The smallest absolute Gasteiger partial charge is 0.119 e. The molecule has 2 nitrogen and oxygen atoms in total. The molecule has 1 atom stereocenters. The summed E-state index contributed by atoms with van der Waals surface area (Å²) in [6, 6.07) is 8.28. The van der Waals surface area contributed by atoms with E-state index < -0.39 is 0 Å². The zero-order valence-electron chi connectivity index (χ0n) is 9.99. The average molecular weight is 219 g/mol. The molecule has 0 aromatic heterocycles. The molecule has 2 heteroatoms. The Hall–Kier alpha value is -1.28. The van der Waals surface area contributed by atoms with Crippen molar-refractivity contribution in [3.05, 3.63) is 42.5 Å². The van der Waals surface area contributed by atoms with Crippen molar-refractivity contribution < 1.29 is 4.74 Å². The van der Waals surface area contributed by atoms with Gasteiger partial charge in [0.15, 0.2) is 0 Å². The number of allylic oxidation sites excluding steroid dienone is 1.